The second-order valence-electron chi connectivity index (χ2n) is 3.25. The van der Waals surface area contributed by atoms with Crippen LogP contribution in [0.2, 0.25) is 5.15 Å². The number of anilines is 2. The maximum Gasteiger partial charge on any atom is 0.245 e. The number of hydrogen-bond acceptors (Lipinski definition) is 5. The Morgan fingerprint density at radius 3 is 3.13 bits per heavy atom. The number of aromatic nitrogens is 2. The highest BCUT2D eigenvalue weighted by molar-refractivity contribution is 6.33. The van der Waals surface area contributed by atoms with Gasteiger partial charge in [-0.15, -0.1) is 0 Å². The summed E-state index contributed by atoms with van der Waals surface area (Å²) in [5.74, 6) is 0.316. The van der Waals surface area contributed by atoms with E-state index in [0.29, 0.717) is 18.1 Å². The third kappa shape index (κ3) is 1.62. The lowest BCUT2D eigenvalue weighted by atomic mass is 10.3. The maximum atomic E-state index is 11.7. The molecule has 2 heterocycles. The minimum Gasteiger partial charge on any atom is -0.366 e. The van der Waals surface area contributed by atoms with Gasteiger partial charge in [-0.25, -0.2) is 9.97 Å². The summed E-state index contributed by atoms with van der Waals surface area (Å²) in [5, 5.41) is 3.19. The van der Waals surface area contributed by atoms with Gasteiger partial charge in [0.1, 0.15) is 18.1 Å². The highest BCUT2D eigenvalue weighted by atomic mass is 35.5. The molecule has 6 nitrogen and oxygen atoms in total. The number of carbonyl (C=O) groups excluding carboxylic acids is 1. The van der Waals surface area contributed by atoms with Crippen molar-refractivity contribution in [1.82, 2.24) is 9.97 Å². The van der Waals surface area contributed by atoms with Crippen LogP contribution in [-0.2, 0) is 4.79 Å². The second-order valence-corrected chi connectivity index (χ2v) is 3.60. The molecule has 3 N–H and O–H groups in total. The lowest BCUT2D eigenvalue weighted by molar-refractivity contribution is -0.119. The molecule has 1 atom stereocenters. The molecule has 0 fully saturated rings. The summed E-state index contributed by atoms with van der Waals surface area (Å²) < 4.78 is 0. The lowest BCUT2D eigenvalue weighted by Crippen LogP contribution is -2.43. The van der Waals surface area contributed by atoms with Crippen molar-refractivity contribution in [3.63, 3.8) is 0 Å². The zero-order chi connectivity index (χ0) is 11.0. The SMILES string of the molecule is CN1C(=O)[C@@H](N)CNc2ncnc(Cl)c21. The molecular formula is C8H10ClN5O. The van der Waals surface area contributed by atoms with Crippen molar-refractivity contribution >= 4 is 29.0 Å². The number of halogens is 1. The van der Waals surface area contributed by atoms with Gasteiger partial charge in [0, 0.05) is 13.6 Å². The van der Waals surface area contributed by atoms with E-state index in [1.807, 2.05) is 0 Å². The van der Waals surface area contributed by atoms with E-state index in [-0.39, 0.29) is 11.1 Å². The van der Waals surface area contributed by atoms with E-state index < -0.39 is 6.04 Å². The van der Waals surface area contributed by atoms with Crippen molar-refractivity contribution in [1.29, 1.82) is 0 Å². The van der Waals surface area contributed by atoms with E-state index in [4.69, 9.17) is 17.3 Å². The number of amides is 1. The first kappa shape index (κ1) is 10.1. The number of nitrogens with one attached hydrogen (secondary N) is 1. The smallest absolute Gasteiger partial charge is 0.245 e. The van der Waals surface area contributed by atoms with Gasteiger partial charge in [-0.05, 0) is 0 Å². The Balaban J connectivity index is 2.53. The fourth-order valence-corrected chi connectivity index (χ4v) is 1.70. The third-order valence-electron chi connectivity index (χ3n) is 2.25. The zero-order valence-electron chi connectivity index (χ0n) is 8.07. The largest absolute Gasteiger partial charge is 0.366 e. The topological polar surface area (TPSA) is 84.1 Å². The van der Waals surface area contributed by atoms with Gasteiger partial charge in [-0.1, -0.05) is 11.6 Å². The summed E-state index contributed by atoms with van der Waals surface area (Å²) in [6, 6.07) is -0.597. The zero-order valence-corrected chi connectivity index (χ0v) is 8.82. The number of fused-ring (bicyclic) bond motifs is 1. The third-order valence-corrected chi connectivity index (χ3v) is 2.53. The molecule has 2 rings (SSSR count). The molecule has 0 saturated heterocycles. The first-order chi connectivity index (χ1) is 7.11. The number of likely N-dealkylation sites (N-methyl/N-ethyl adjacent to an activating group) is 1. The molecule has 0 spiro atoms. The van der Waals surface area contributed by atoms with Gasteiger partial charge < -0.3 is 16.0 Å². The molecule has 1 aromatic heterocycles. The van der Waals surface area contributed by atoms with E-state index in [1.165, 1.54) is 11.2 Å². The van der Waals surface area contributed by atoms with Crippen molar-refractivity contribution in [3.8, 4) is 0 Å². The van der Waals surface area contributed by atoms with Gasteiger partial charge in [0.05, 0.1) is 0 Å². The average molecular weight is 228 g/mol. The number of hydrogen-bond donors (Lipinski definition) is 2. The second kappa shape index (κ2) is 3.63. The van der Waals surface area contributed by atoms with Crippen LogP contribution in [0.4, 0.5) is 11.5 Å². The van der Waals surface area contributed by atoms with E-state index in [9.17, 15) is 4.79 Å². The van der Waals surface area contributed by atoms with Crippen LogP contribution in [0.1, 0.15) is 0 Å². The summed E-state index contributed by atoms with van der Waals surface area (Å²) in [6.07, 6.45) is 1.34. The summed E-state index contributed by atoms with van der Waals surface area (Å²) >= 11 is 5.90. The number of nitrogens with zero attached hydrogens (tertiary/aromatic N) is 3. The summed E-state index contributed by atoms with van der Waals surface area (Å²) in [4.78, 5) is 20.9. The van der Waals surface area contributed by atoms with Gasteiger partial charge in [0.25, 0.3) is 0 Å². The summed E-state index contributed by atoms with van der Waals surface area (Å²) in [7, 11) is 1.60. The molecule has 0 aromatic carbocycles. The molecule has 7 heteroatoms. The molecule has 15 heavy (non-hydrogen) atoms. The van der Waals surface area contributed by atoms with Gasteiger partial charge in [0.15, 0.2) is 11.0 Å². The predicted molar refractivity (Wildman–Crippen MR) is 56.9 cm³/mol. The Labute approximate surface area is 91.4 Å². The normalized spacial score (nSPS) is 20.6. The molecule has 80 valence electrons. The number of rotatable bonds is 0. The van der Waals surface area contributed by atoms with Gasteiger partial charge in [-0.2, -0.15) is 0 Å². The quantitative estimate of drug-likeness (QED) is 0.602. The minimum absolute atomic E-state index is 0.210. The van der Waals surface area contributed by atoms with Gasteiger partial charge in [-0.3, -0.25) is 4.79 Å². The highest BCUT2D eigenvalue weighted by Crippen LogP contribution is 2.31. The monoisotopic (exact) mass is 227 g/mol. The van der Waals surface area contributed by atoms with Crippen LogP contribution in [0.15, 0.2) is 6.33 Å². The lowest BCUT2D eigenvalue weighted by Gasteiger charge is -2.18. The van der Waals surface area contributed by atoms with E-state index in [1.54, 1.807) is 7.05 Å². The first-order valence-electron chi connectivity index (χ1n) is 4.38. The Morgan fingerprint density at radius 1 is 1.67 bits per heavy atom. The van der Waals surface area contributed by atoms with E-state index >= 15 is 0 Å². The molecule has 0 saturated carbocycles. The Bertz CT molecular complexity index is 410. The molecule has 1 amide bonds. The van der Waals surface area contributed by atoms with Crippen molar-refractivity contribution in [2.45, 2.75) is 6.04 Å². The molecule has 1 aromatic rings. The summed E-state index contributed by atoms with van der Waals surface area (Å²) in [6.45, 7) is 0.337. The Kier molecular flexibility index (Phi) is 2.45. The Morgan fingerprint density at radius 2 is 2.40 bits per heavy atom. The van der Waals surface area contributed by atoms with E-state index in [2.05, 4.69) is 15.3 Å². The van der Waals surface area contributed by atoms with Gasteiger partial charge in [0.2, 0.25) is 5.91 Å². The number of carbonyl (C=O) groups is 1. The molecular weight excluding hydrogens is 218 g/mol. The molecule has 1 aliphatic heterocycles. The predicted octanol–water partition coefficient (Wildman–Crippen LogP) is -0.154. The van der Waals surface area contributed by atoms with Gasteiger partial charge >= 0.3 is 0 Å². The van der Waals surface area contributed by atoms with Crippen LogP contribution >= 0.6 is 11.6 Å². The van der Waals surface area contributed by atoms with Crippen LogP contribution in [-0.4, -0.2) is 35.5 Å². The minimum atomic E-state index is -0.597. The van der Waals surface area contributed by atoms with Crippen LogP contribution in [0, 0.1) is 0 Å². The fourth-order valence-electron chi connectivity index (χ4n) is 1.44. The van der Waals surface area contributed by atoms with Crippen LogP contribution < -0.4 is 16.0 Å². The Hall–Kier alpha value is -1.40. The summed E-state index contributed by atoms with van der Waals surface area (Å²) in [5.41, 5.74) is 6.12. The molecule has 0 aliphatic carbocycles. The molecule has 1 aliphatic rings. The van der Waals surface area contributed by atoms with Crippen molar-refractivity contribution in [2.24, 2.45) is 5.73 Å². The number of nitrogens with two attached hydrogens (primary N) is 1. The van der Waals surface area contributed by atoms with Crippen LogP contribution in [0.5, 0.6) is 0 Å². The standard InChI is InChI=1S/C8H10ClN5O/c1-14-5-6(9)12-3-13-7(5)11-2-4(10)8(14)15/h3-4H,2,10H2,1H3,(H,11,12,13)/t4-/m0/s1. The highest BCUT2D eigenvalue weighted by Gasteiger charge is 2.27. The van der Waals surface area contributed by atoms with Crippen LogP contribution in [0.3, 0.4) is 0 Å². The fraction of sp³-hybridized carbons (Fsp3) is 0.375. The maximum absolute atomic E-state index is 11.7. The van der Waals surface area contributed by atoms with Crippen molar-refractivity contribution < 1.29 is 4.79 Å². The van der Waals surface area contributed by atoms with E-state index in [0.717, 1.165) is 0 Å². The molecule has 0 radical (unpaired) electrons. The molecule has 0 unspecified atom stereocenters. The van der Waals surface area contributed by atoms with Crippen LogP contribution in [0.25, 0.3) is 0 Å². The van der Waals surface area contributed by atoms with Crippen molar-refractivity contribution in [2.75, 3.05) is 23.8 Å². The van der Waals surface area contributed by atoms with Crippen molar-refractivity contribution in [3.05, 3.63) is 11.5 Å². The first-order valence-corrected chi connectivity index (χ1v) is 4.76. The average Bonchev–Trinajstić information content (AvgIpc) is 2.32. The molecule has 0 bridgehead atoms.